The molecule has 5 rings (SSSR count). The van der Waals surface area contributed by atoms with Crippen LogP contribution in [0.15, 0.2) is 114 Å². The average Bonchev–Trinajstić information content (AvgIpc) is 3.16. The Bertz CT molecular complexity index is 2050. The van der Waals surface area contributed by atoms with Crippen molar-refractivity contribution < 1.29 is 74.6 Å². The van der Waals surface area contributed by atoms with Crippen molar-refractivity contribution in [1.82, 2.24) is 0 Å². The number of benzene rings is 5. The average molecular weight is 882 g/mol. The zero-order valence-electron chi connectivity index (χ0n) is 30.8. The number of phenols is 2. The third-order valence-corrected chi connectivity index (χ3v) is 7.90. The van der Waals surface area contributed by atoms with Gasteiger partial charge in [-0.1, -0.05) is 52.3 Å². The van der Waals surface area contributed by atoms with E-state index in [-0.39, 0.29) is 48.2 Å². The molecule has 0 saturated heterocycles. The zero-order chi connectivity index (χ0) is 43.0. The van der Waals surface area contributed by atoms with Crippen LogP contribution in [0.2, 0.25) is 0 Å². The fraction of sp³-hybridized carbons (Fsp3) is 0.195. The van der Waals surface area contributed by atoms with E-state index in [1.165, 1.54) is 63.8 Å². The largest absolute Gasteiger partial charge is 0.508 e. The van der Waals surface area contributed by atoms with Gasteiger partial charge in [-0.05, 0) is 89.5 Å². The molecule has 2 N–H and O–H groups in total. The molecule has 0 radical (unpaired) electrons. The highest BCUT2D eigenvalue weighted by Gasteiger charge is 2.36. The maximum Gasteiger partial charge on any atom is 0.420 e. The number of ether oxygens (including phenoxy) is 5. The van der Waals surface area contributed by atoms with Gasteiger partial charge in [-0.3, -0.25) is 14.4 Å². The molecule has 0 saturated carbocycles. The standard InChI is InChI=1S/C16H12BrF3O3.C16H13F3O4.C9H10O3/c1-22-15(21)8-10-3-2-4-12(7-10)23-14-6-5-11(17)9-13(14)16(18,19)20;1-22-15(21)8-10-3-2-4-12(7-10)23-14-6-5-11(20)9-13(14)16(17,18)19;1-12-9(11)6-7-3-2-4-8(10)5-7/h2-7,9H,8H2,1H3;2-7,9,20H,8H2,1H3;2-5,10H,6H2,1H3. The van der Waals surface area contributed by atoms with Crippen molar-refractivity contribution in [3.8, 4) is 34.5 Å². The summed E-state index contributed by atoms with van der Waals surface area (Å²) in [5.41, 5.74) is -0.0929. The predicted molar refractivity (Wildman–Crippen MR) is 201 cm³/mol. The molecule has 10 nitrogen and oxygen atoms in total. The van der Waals surface area contributed by atoms with Crippen molar-refractivity contribution in [2.75, 3.05) is 21.3 Å². The first-order valence-electron chi connectivity index (χ1n) is 16.6. The number of hydrogen-bond donors (Lipinski definition) is 2. The lowest BCUT2D eigenvalue weighted by Gasteiger charge is -2.14. The van der Waals surface area contributed by atoms with Gasteiger partial charge < -0.3 is 33.9 Å². The summed E-state index contributed by atoms with van der Waals surface area (Å²) in [6.07, 6.45) is -9.01. The Labute approximate surface area is 336 Å². The van der Waals surface area contributed by atoms with Crippen LogP contribution < -0.4 is 9.47 Å². The summed E-state index contributed by atoms with van der Waals surface area (Å²) >= 11 is 3.01. The Hall–Kier alpha value is -6.23. The molecule has 0 unspecified atom stereocenters. The van der Waals surface area contributed by atoms with Gasteiger partial charge in [-0.2, -0.15) is 26.3 Å². The summed E-state index contributed by atoms with van der Waals surface area (Å²) in [6.45, 7) is 0. The van der Waals surface area contributed by atoms with Crippen LogP contribution in [-0.2, 0) is 60.2 Å². The highest BCUT2D eigenvalue weighted by atomic mass is 79.9. The molecule has 0 atom stereocenters. The molecule has 0 aliphatic heterocycles. The lowest BCUT2D eigenvalue weighted by Crippen LogP contribution is -2.07. The Morgan fingerprint density at radius 1 is 0.517 bits per heavy atom. The molecule has 5 aromatic carbocycles. The first-order valence-corrected chi connectivity index (χ1v) is 17.4. The van der Waals surface area contributed by atoms with E-state index in [0.29, 0.717) is 21.7 Å². The fourth-order valence-electron chi connectivity index (χ4n) is 4.72. The second-order valence-corrected chi connectivity index (χ2v) is 12.7. The summed E-state index contributed by atoms with van der Waals surface area (Å²) in [6, 6.07) is 25.3. The third-order valence-electron chi connectivity index (χ3n) is 7.41. The minimum Gasteiger partial charge on any atom is -0.508 e. The molecule has 17 heteroatoms. The SMILES string of the molecule is COC(=O)Cc1cccc(O)c1.COC(=O)Cc1cccc(Oc2ccc(Br)cc2C(F)(F)F)c1.COC(=O)Cc1cccc(Oc2ccc(O)cc2C(F)(F)F)c1. The Morgan fingerprint density at radius 2 is 0.897 bits per heavy atom. The normalized spacial score (nSPS) is 10.8. The summed E-state index contributed by atoms with van der Waals surface area (Å²) in [7, 11) is 3.85. The number of halogens is 7. The number of rotatable bonds is 10. The van der Waals surface area contributed by atoms with E-state index in [4.69, 9.17) is 14.6 Å². The third kappa shape index (κ3) is 15.4. The van der Waals surface area contributed by atoms with Crippen LogP contribution in [-0.4, -0.2) is 49.5 Å². The second-order valence-electron chi connectivity index (χ2n) is 11.7. The Balaban J connectivity index is 0.000000245. The van der Waals surface area contributed by atoms with Gasteiger partial charge in [-0.25, -0.2) is 0 Å². The van der Waals surface area contributed by atoms with Gasteiger partial charge in [0.25, 0.3) is 0 Å². The van der Waals surface area contributed by atoms with E-state index in [0.717, 1.165) is 23.8 Å². The Kier molecular flexibility index (Phi) is 17.0. The van der Waals surface area contributed by atoms with E-state index in [9.17, 15) is 45.8 Å². The van der Waals surface area contributed by atoms with Crippen molar-refractivity contribution in [2.24, 2.45) is 0 Å². The number of alkyl halides is 6. The minimum absolute atomic E-state index is 0.0141. The molecular weight excluding hydrogens is 846 g/mol. The maximum absolute atomic E-state index is 13.1. The first-order chi connectivity index (χ1) is 27.3. The van der Waals surface area contributed by atoms with Crippen molar-refractivity contribution >= 4 is 33.8 Å². The molecule has 308 valence electrons. The van der Waals surface area contributed by atoms with Gasteiger partial charge >= 0.3 is 30.3 Å². The molecule has 0 fully saturated rings. The van der Waals surface area contributed by atoms with E-state index in [1.54, 1.807) is 42.5 Å². The van der Waals surface area contributed by atoms with Gasteiger partial charge in [0.1, 0.15) is 40.1 Å². The summed E-state index contributed by atoms with van der Waals surface area (Å²) < 4.78 is 103. The van der Waals surface area contributed by atoms with Gasteiger partial charge in [0.2, 0.25) is 0 Å². The lowest BCUT2D eigenvalue weighted by atomic mass is 10.1. The van der Waals surface area contributed by atoms with Gasteiger partial charge in [-0.15, -0.1) is 0 Å². The van der Waals surface area contributed by atoms with Crippen LogP contribution in [0.4, 0.5) is 26.3 Å². The molecule has 5 aromatic rings. The monoisotopic (exact) mass is 880 g/mol. The number of aromatic hydroxyl groups is 2. The first kappa shape index (κ1) is 46.2. The number of esters is 3. The van der Waals surface area contributed by atoms with Crippen LogP contribution in [0.3, 0.4) is 0 Å². The molecule has 0 aliphatic carbocycles. The number of carbonyl (C=O) groups is 3. The van der Waals surface area contributed by atoms with Crippen LogP contribution in [0.25, 0.3) is 0 Å². The highest BCUT2D eigenvalue weighted by molar-refractivity contribution is 9.10. The molecule has 58 heavy (non-hydrogen) atoms. The molecule has 0 heterocycles. The quantitative estimate of drug-likeness (QED) is 0.0792. The lowest BCUT2D eigenvalue weighted by molar-refractivity contribution is -0.140. The van der Waals surface area contributed by atoms with E-state index in [1.807, 2.05) is 0 Å². The van der Waals surface area contributed by atoms with Crippen LogP contribution in [0.1, 0.15) is 27.8 Å². The Morgan fingerprint density at radius 3 is 1.31 bits per heavy atom. The van der Waals surface area contributed by atoms with Crippen LogP contribution in [0.5, 0.6) is 34.5 Å². The van der Waals surface area contributed by atoms with Crippen LogP contribution in [0, 0.1) is 0 Å². The summed E-state index contributed by atoms with van der Waals surface area (Å²) in [5, 5.41) is 18.3. The number of phenolic OH excluding ortho intramolecular Hbond substituents is 2. The molecule has 0 bridgehead atoms. The van der Waals surface area contributed by atoms with Crippen molar-refractivity contribution in [2.45, 2.75) is 31.6 Å². The zero-order valence-corrected chi connectivity index (χ0v) is 32.4. The predicted octanol–water partition coefficient (Wildman–Crippen LogP) is 10.0. The highest BCUT2D eigenvalue weighted by Crippen LogP contribution is 2.41. The number of methoxy groups -OCH3 is 3. The van der Waals surface area contributed by atoms with Crippen LogP contribution >= 0.6 is 15.9 Å². The molecule has 0 amide bonds. The topological polar surface area (TPSA) is 138 Å². The van der Waals surface area contributed by atoms with Crippen molar-refractivity contribution in [3.05, 3.63) is 141 Å². The molecular formula is C41H35BrF6O10. The summed E-state index contributed by atoms with van der Waals surface area (Å²) in [5.74, 6) is -1.96. The fourth-order valence-corrected chi connectivity index (χ4v) is 5.08. The minimum atomic E-state index is -4.67. The molecule has 0 aliphatic rings. The maximum atomic E-state index is 13.1. The van der Waals surface area contributed by atoms with Gasteiger partial charge in [0, 0.05) is 4.47 Å². The molecule has 0 aromatic heterocycles. The second kappa shape index (κ2) is 21.3. The molecule has 0 spiro atoms. The number of carbonyl (C=O) groups excluding carboxylic acids is 3. The van der Waals surface area contributed by atoms with Crippen molar-refractivity contribution in [1.29, 1.82) is 0 Å². The van der Waals surface area contributed by atoms with E-state index < -0.39 is 46.9 Å². The van der Waals surface area contributed by atoms with Gasteiger partial charge in [0.15, 0.2) is 0 Å². The van der Waals surface area contributed by atoms with Gasteiger partial charge in [0.05, 0.1) is 46.2 Å². The summed E-state index contributed by atoms with van der Waals surface area (Å²) in [4.78, 5) is 33.3. The number of hydrogen-bond acceptors (Lipinski definition) is 10. The van der Waals surface area contributed by atoms with E-state index in [2.05, 4.69) is 30.1 Å². The van der Waals surface area contributed by atoms with E-state index >= 15 is 0 Å². The smallest absolute Gasteiger partial charge is 0.420 e. The van der Waals surface area contributed by atoms with Crippen molar-refractivity contribution in [3.63, 3.8) is 0 Å².